The molecule has 1 aromatic heterocycles. The third-order valence-electron chi connectivity index (χ3n) is 4.90. The van der Waals surface area contributed by atoms with Crippen LogP contribution in [0, 0.1) is 0 Å². The molecule has 0 atom stereocenters. The molecule has 0 spiro atoms. The van der Waals surface area contributed by atoms with Gasteiger partial charge in [-0.2, -0.15) is 5.10 Å². The number of hydrogen-bond donors (Lipinski definition) is 1. The second kappa shape index (κ2) is 5.25. The van der Waals surface area contributed by atoms with E-state index in [0.717, 1.165) is 44.6 Å². The van der Waals surface area contributed by atoms with Gasteiger partial charge in [0.1, 0.15) is 5.54 Å². The molecule has 2 aromatic rings. The summed E-state index contributed by atoms with van der Waals surface area (Å²) in [6.45, 7) is 2.47. The predicted molar refractivity (Wildman–Crippen MR) is 84.8 cm³/mol. The Hall–Kier alpha value is -2.14. The van der Waals surface area contributed by atoms with E-state index in [-0.39, 0.29) is 5.91 Å². The average molecular weight is 296 g/mol. The van der Waals surface area contributed by atoms with Gasteiger partial charge < -0.3 is 10.2 Å². The molecular formula is C17H20N4O. The highest BCUT2D eigenvalue weighted by atomic mass is 16.2. The highest BCUT2D eigenvalue weighted by molar-refractivity contribution is 6.00. The molecular weight excluding hydrogens is 276 g/mol. The largest absolute Gasteiger partial charge is 0.317 e. The van der Waals surface area contributed by atoms with E-state index in [2.05, 4.69) is 22.5 Å². The van der Waals surface area contributed by atoms with E-state index in [1.54, 1.807) is 6.20 Å². The van der Waals surface area contributed by atoms with E-state index < -0.39 is 5.54 Å². The summed E-state index contributed by atoms with van der Waals surface area (Å²) in [4.78, 5) is 15.4. The number of aromatic nitrogens is 2. The fourth-order valence-corrected chi connectivity index (χ4v) is 3.70. The zero-order chi connectivity index (χ0) is 15.0. The second-order valence-electron chi connectivity index (χ2n) is 6.07. The van der Waals surface area contributed by atoms with Crippen LogP contribution in [-0.4, -0.2) is 35.3 Å². The number of rotatable bonds is 2. The van der Waals surface area contributed by atoms with Crippen molar-refractivity contribution in [2.24, 2.45) is 0 Å². The van der Waals surface area contributed by atoms with Crippen LogP contribution in [0.2, 0.25) is 0 Å². The second-order valence-corrected chi connectivity index (χ2v) is 6.07. The Morgan fingerprint density at radius 1 is 1.18 bits per heavy atom. The molecule has 22 heavy (non-hydrogen) atoms. The highest BCUT2D eigenvalue weighted by Gasteiger charge is 2.45. The van der Waals surface area contributed by atoms with Crippen molar-refractivity contribution < 1.29 is 4.79 Å². The van der Waals surface area contributed by atoms with Crippen LogP contribution < -0.4 is 10.2 Å². The van der Waals surface area contributed by atoms with Gasteiger partial charge in [-0.3, -0.25) is 9.48 Å². The maximum Gasteiger partial charge on any atom is 0.255 e. The van der Waals surface area contributed by atoms with E-state index in [0.29, 0.717) is 0 Å². The molecule has 1 saturated heterocycles. The SMILES string of the molecule is O=C(N1CCc2ccccc21)C1(n2cccn2)CCNCC1. The summed E-state index contributed by atoms with van der Waals surface area (Å²) in [7, 11) is 0. The van der Waals surface area contributed by atoms with Gasteiger partial charge in [0.2, 0.25) is 0 Å². The standard InChI is InChI=1S/C17H20N4O/c22-16(20-13-6-14-4-1-2-5-15(14)20)17(7-10-18-11-8-17)21-12-3-9-19-21/h1-5,9,12,18H,6-8,10-11,13H2. The fraction of sp³-hybridized carbons (Fsp3) is 0.412. The van der Waals surface area contributed by atoms with E-state index >= 15 is 0 Å². The van der Waals surface area contributed by atoms with Gasteiger partial charge >= 0.3 is 0 Å². The molecule has 5 nitrogen and oxygen atoms in total. The minimum absolute atomic E-state index is 0.183. The number of fused-ring (bicyclic) bond motifs is 1. The molecule has 0 saturated carbocycles. The van der Waals surface area contributed by atoms with Crippen LogP contribution >= 0.6 is 0 Å². The third-order valence-corrected chi connectivity index (χ3v) is 4.90. The number of hydrogen-bond acceptors (Lipinski definition) is 3. The monoisotopic (exact) mass is 296 g/mol. The van der Waals surface area contributed by atoms with Crippen LogP contribution in [-0.2, 0) is 16.8 Å². The van der Waals surface area contributed by atoms with Crippen molar-refractivity contribution in [1.82, 2.24) is 15.1 Å². The molecule has 1 aromatic carbocycles. The van der Waals surface area contributed by atoms with Crippen LogP contribution in [0.4, 0.5) is 5.69 Å². The first kappa shape index (κ1) is 13.5. The topological polar surface area (TPSA) is 50.2 Å². The Morgan fingerprint density at radius 2 is 2.00 bits per heavy atom. The average Bonchev–Trinajstić information content (AvgIpc) is 3.25. The van der Waals surface area contributed by atoms with E-state index in [4.69, 9.17) is 0 Å². The van der Waals surface area contributed by atoms with Crippen molar-refractivity contribution >= 4 is 11.6 Å². The summed E-state index contributed by atoms with van der Waals surface area (Å²) in [5, 5.41) is 7.76. The molecule has 0 unspecified atom stereocenters. The molecule has 2 aliphatic heterocycles. The number of carbonyl (C=O) groups is 1. The molecule has 0 bridgehead atoms. The minimum atomic E-state index is -0.549. The summed E-state index contributed by atoms with van der Waals surface area (Å²) >= 11 is 0. The Bertz CT molecular complexity index is 674. The fourth-order valence-electron chi connectivity index (χ4n) is 3.70. The van der Waals surface area contributed by atoms with Crippen LogP contribution in [0.1, 0.15) is 18.4 Å². The van der Waals surface area contributed by atoms with Crippen LogP contribution in [0.25, 0.3) is 0 Å². The molecule has 5 heteroatoms. The van der Waals surface area contributed by atoms with Gasteiger partial charge in [0.15, 0.2) is 0 Å². The molecule has 2 aliphatic rings. The van der Waals surface area contributed by atoms with Gasteiger partial charge in [-0.15, -0.1) is 0 Å². The molecule has 1 amide bonds. The van der Waals surface area contributed by atoms with Gasteiger partial charge in [-0.05, 0) is 50.0 Å². The molecule has 1 fully saturated rings. The summed E-state index contributed by atoms with van der Waals surface area (Å²) in [6.07, 6.45) is 6.19. The Morgan fingerprint density at radius 3 is 2.77 bits per heavy atom. The van der Waals surface area contributed by atoms with E-state index in [1.807, 2.05) is 34.0 Å². The number of anilines is 1. The van der Waals surface area contributed by atoms with Crippen molar-refractivity contribution in [3.63, 3.8) is 0 Å². The van der Waals surface area contributed by atoms with Crippen molar-refractivity contribution in [1.29, 1.82) is 0 Å². The van der Waals surface area contributed by atoms with Gasteiger partial charge in [0, 0.05) is 24.6 Å². The van der Waals surface area contributed by atoms with Gasteiger partial charge in [0.25, 0.3) is 5.91 Å². The van der Waals surface area contributed by atoms with Crippen LogP contribution in [0.15, 0.2) is 42.7 Å². The van der Waals surface area contributed by atoms with Crippen molar-refractivity contribution in [2.75, 3.05) is 24.5 Å². The third kappa shape index (κ3) is 1.96. The molecule has 4 rings (SSSR count). The quantitative estimate of drug-likeness (QED) is 0.915. The minimum Gasteiger partial charge on any atom is -0.317 e. The maximum atomic E-state index is 13.4. The number of nitrogens with zero attached hydrogens (tertiary/aromatic N) is 3. The van der Waals surface area contributed by atoms with E-state index in [9.17, 15) is 4.79 Å². The molecule has 3 heterocycles. The van der Waals surface area contributed by atoms with Crippen molar-refractivity contribution in [3.8, 4) is 0 Å². The zero-order valence-electron chi connectivity index (χ0n) is 12.5. The zero-order valence-corrected chi connectivity index (χ0v) is 12.5. The lowest BCUT2D eigenvalue weighted by Gasteiger charge is -2.39. The lowest BCUT2D eigenvalue weighted by atomic mass is 9.86. The summed E-state index contributed by atoms with van der Waals surface area (Å²) in [6, 6.07) is 10.1. The van der Waals surface area contributed by atoms with Gasteiger partial charge in [-0.25, -0.2) is 0 Å². The first-order valence-electron chi connectivity index (χ1n) is 7.92. The first-order valence-corrected chi connectivity index (χ1v) is 7.92. The van der Waals surface area contributed by atoms with Crippen molar-refractivity contribution in [3.05, 3.63) is 48.3 Å². The molecule has 0 aliphatic carbocycles. The van der Waals surface area contributed by atoms with Gasteiger partial charge in [0.05, 0.1) is 0 Å². The molecule has 114 valence electrons. The van der Waals surface area contributed by atoms with E-state index in [1.165, 1.54) is 5.56 Å². The van der Waals surface area contributed by atoms with Gasteiger partial charge in [-0.1, -0.05) is 18.2 Å². The van der Waals surface area contributed by atoms with Crippen LogP contribution in [0.3, 0.4) is 0 Å². The predicted octanol–water partition coefficient (Wildman–Crippen LogP) is 1.55. The molecule has 0 radical (unpaired) electrons. The van der Waals surface area contributed by atoms with Crippen molar-refractivity contribution in [2.45, 2.75) is 24.8 Å². The number of nitrogens with one attached hydrogen (secondary N) is 1. The number of piperidine rings is 1. The number of benzene rings is 1. The first-order chi connectivity index (χ1) is 10.8. The van der Waals surface area contributed by atoms with Crippen LogP contribution in [0.5, 0.6) is 0 Å². The lowest BCUT2D eigenvalue weighted by Crippen LogP contribution is -2.55. The Kier molecular flexibility index (Phi) is 3.22. The maximum absolute atomic E-state index is 13.4. The lowest BCUT2D eigenvalue weighted by molar-refractivity contribution is -0.129. The normalized spacial score (nSPS) is 19.9. The smallest absolute Gasteiger partial charge is 0.255 e. The number of carbonyl (C=O) groups excluding carboxylic acids is 1. The summed E-state index contributed by atoms with van der Waals surface area (Å²) < 4.78 is 1.87. The summed E-state index contributed by atoms with van der Waals surface area (Å²) in [5.41, 5.74) is 1.78. The Balaban J connectivity index is 1.73. The number of amides is 1. The Labute approximate surface area is 129 Å². The molecule has 1 N–H and O–H groups in total. The highest BCUT2D eigenvalue weighted by Crippen LogP contribution is 2.35. The number of para-hydroxylation sites is 1. The summed E-state index contributed by atoms with van der Waals surface area (Å²) in [5.74, 6) is 0.183.